The molecule has 0 saturated heterocycles. The molecule has 3 nitrogen and oxygen atoms in total. The lowest BCUT2D eigenvalue weighted by Gasteiger charge is -2.24. The highest BCUT2D eigenvalue weighted by Gasteiger charge is 2.34. The average molecular weight is 287 g/mol. The Morgan fingerprint density at radius 1 is 1.42 bits per heavy atom. The van der Waals surface area contributed by atoms with Crippen LogP contribution >= 0.6 is 0 Å². The van der Waals surface area contributed by atoms with E-state index in [1.54, 1.807) is 20.8 Å². The van der Waals surface area contributed by atoms with Gasteiger partial charge in [-0.2, -0.15) is 0 Å². The van der Waals surface area contributed by atoms with E-state index in [2.05, 4.69) is 4.40 Å². The van der Waals surface area contributed by atoms with Crippen LogP contribution in [0.3, 0.4) is 0 Å². The Hall–Kier alpha value is -1.14. The van der Waals surface area contributed by atoms with Crippen LogP contribution in [0.25, 0.3) is 0 Å². The maximum absolute atomic E-state index is 13.9. The molecule has 2 rings (SSSR count). The van der Waals surface area contributed by atoms with Crippen LogP contribution in [-0.2, 0) is 11.4 Å². The minimum absolute atomic E-state index is 0.00555. The Bertz CT molecular complexity index is 514. The van der Waals surface area contributed by atoms with Gasteiger partial charge < -0.3 is 9.29 Å². The van der Waals surface area contributed by atoms with Gasteiger partial charge in [0.1, 0.15) is 28.4 Å². The molecular formula is C13H15F2NO2S. The first-order valence-electron chi connectivity index (χ1n) is 5.87. The third-order valence-corrected chi connectivity index (χ3v) is 4.03. The van der Waals surface area contributed by atoms with Crippen molar-refractivity contribution in [3.05, 3.63) is 29.6 Å². The van der Waals surface area contributed by atoms with Crippen molar-refractivity contribution in [2.75, 3.05) is 6.61 Å². The predicted octanol–water partition coefficient (Wildman–Crippen LogP) is 2.81. The van der Waals surface area contributed by atoms with Crippen LogP contribution < -0.4 is 4.74 Å². The minimum atomic E-state index is -1.60. The summed E-state index contributed by atoms with van der Waals surface area (Å²) in [5.74, 6) is -0.597. The van der Waals surface area contributed by atoms with Crippen molar-refractivity contribution in [2.24, 2.45) is 4.40 Å². The smallest absolute Gasteiger partial charge is 0.181 e. The SMILES string of the molecule is CC(C)(C)[S+]([O-])/N=C1/c2cccc(F)c2OCC1F. The Balaban J connectivity index is 2.47. The Morgan fingerprint density at radius 2 is 2.11 bits per heavy atom. The van der Waals surface area contributed by atoms with E-state index >= 15 is 0 Å². The Morgan fingerprint density at radius 3 is 2.74 bits per heavy atom. The predicted molar refractivity (Wildman–Crippen MR) is 71.2 cm³/mol. The van der Waals surface area contributed by atoms with E-state index in [-0.39, 0.29) is 23.6 Å². The molecule has 1 aromatic rings. The molecule has 0 radical (unpaired) electrons. The summed E-state index contributed by atoms with van der Waals surface area (Å²) in [7, 11) is 0. The topological polar surface area (TPSA) is 44.7 Å². The molecule has 0 spiro atoms. The number of hydrogen-bond acceptors (Lipinski definition) is 3. The number of benzene rings is 1. The van der Waals surface area contributed by atoms with Crippen LogP contribution in [0.1, 0.15) is 26.3 Å². The highest BCUT2D eigenvalue weighted by molar-refractivity contribution is 7.91. The number of para-hydroxylation sites is 1. The van der Waals surface area contributed by atoms with Crippen molar-refractivity contribution < 1.29 is 18.1 Å². The zero-order valence-electron chi connectivity index (χ0n) is 10.9. The lowest BCUT2D eigenvalue weighted by Crippen LogP contribution is -2.34. The van der Waals surface area contributed by atoms with Crippen LogP contribution in [-0.4, -0.2) is 27.8 Å². The monoisotopic (exact) mass is 287 g/mol. The number of fused-ring (bicyclic) bond motifs is 1. The van der Waals surface area contributed by atoms with Crippen molar-refractivity contribution in [1.82, 2.24) is 0 Å². The fraction of sp³-hybridized carbons (Fsp3) is 0.462. The average Bonchev–Trinajstić information content (AvgIpc) is 2.31. The molecule has 0 saturated carbocycles. The van der Waals surface area contributed by atoms with E-state index in [9.17, 15) is 13.3 Å². The molecule has 0 fully saturated rings. The number of rotatable bonds is 1. The molecule has 0 aromatic heterocycles. The highest BCUT2D eigenvalue weighted by Crippen LogP contribution is 2.30. The first kappa shape index (κ1) is 14.3. The van der Waals surface area contributed by atoms with Gasteiger partial charge in [-0.3, -0.25) is 0 Å². The van der Waals surface area contributed by atoms with Crippen LogP contribution in [0.15, 0.2) is 22.6 Å². The summed E-state index contributed by atoms with van der Waals surface area (Å²) in [6.45, 7) is 4.92. The van der Waals surface area contributed by atoms with Crippen LogP contribution in [0.4, 0.5) is 8.78 Å². The van der Waals surface area contributed by atoms with Gasteiger partial charge in [-0.25, -0.2) is 8.78 Å². The zero-order chi connectivity index (χ0) is 14.2. The maximum Gasteiger partial charge on any atom is 0.181 e. The standard InChI is InChI=1S/C13H15F2NO2S/c1-13(2,3)19(17)16-11-8-5-4-6-9(14)12(8)18-7-10(11)15/h4-6,10H,7H2,1-3H3/b16-11-. The molecule has 0 N–H and O–H groups in total. The first-order chi connectivity index (χ1) is 8.80. The molecule has 6 heteroatoms. The van der Waals surface area contributed by atoms with Gasteiger partial charge in [0.25, 0.3) is 0 Å². The molecule has 2 atom stereocenters. The van der Waals surface area contributed by atoms with E-state index in [0.717, 1.165) is 0 Å². The van der Waals surface area contributed by atoms with Gasteiger partial charge >= 0.3 is 0 Å². The molecule has 0 aliphatic carbocycles. The zero-order valence-corrected chi connectivity index (χ0v) is 11.8. The summed E-state index contributed by atoms with van der Waals surface area (Å²) in [5, 5.41) is 0. The van der Waals surface area contributed by atoms with Crippen molar-refractivity contribution in [3.8, 4) is 5.75 Å². The number of ether oxygens (including phenoxy) is 1. The van der Waals surface area contributed by atoms with Crippen molar-refractivity contribution in [3.63, 3.8) is 0 Å². The lowest BCUT2D eigenvalue weighted by molar-refractivity contribution is 0.222. The number of nitrogens with zero attached hydrogens (tertiary/aromatic N) is 1. The maximum atomic E-state index is 13.9. The van der Waals surface area contributed by atoms with E-state index < -0.39 is 28.1 Å². The normalized spacial score (nSPS) is 22.8. The third-order valence-electron chi connectivity index (χ3n) is 2.62. The largest absolute Gasteiger partial charge is 0.591 e. The molecule has 1 heterocycles. The molecule has 0 amide bonds. The molecule has 19 heavy (non-hydrogen) atoms. The second-order valence-corrected chi connectivity index (χ2v) is 7.14. The number of halogens is 2. The second kappa shape index (κ2) is 5.09. The third kappa shape index (κ3) is 2.90. The molecule has 1 aromatic carbocycles. The molecule has 104 valence electrons. The van der Waals surface area contributed by atoms with E-state index in [1.807, 2.05) is 0 Å². The summed E-state index contributed by atoms with van der Waals surface area (Å²) in [5.41, 5.74) is 0.227. The van der Waals surface area contributed by atoms with Crippen LogP contribution in [0.5, 0.6) is 5.75 Å². The summed E-state index contributed by atoms with van der Waals surface area (Å²) in [6, 6.07) is 4.20. The summed E-state index contributed by atoms with van der Waals surface area (Å²) < 4.78 is 47.8. The lowest BCUT2D eigenvalue weighted by atomic mass is 10.0. The van der Waals surface area contributed by atoms with Gasteiger partial charge in [0.05, 0.1) is 0 Å². The highest BCUT2D eigenvalue weighted by atomic mass is 32.2. The second-order valence-electron chi connectivity index (χ2n) is 5.23. The summed E-state index contributed by atoms with van der Waals surface area (Å²) in [4.78, 5) is 0. The van der Waals surface area contributed by atoms with Gasteiger partial charge in [0, 0.05) is 5.56 Å². The van der Waals surface area contributed by atoms with Crippen LogP contribution in [0, 0.1) is 5.82 Å². The number of alkyl halides is 1. The fourth-order valence-electron chi connectivity index (χ4n) is 1.59. The molecule has 1 aliphatic rings. The van der Waals surface area contributed by atoms with Gasteiger partial charge in [-0.05, 0) is 32.9 Å². The van der Waals surface area contributed by atoms with E-state index in [0.29, 0.717) is 0 Å². The molecular weight excluding hydrogens is 272 g/mol. The van der Waals surface area contributed by atoms with E-state index in [1.165, 1.54) is 18.2 Å². The van der Waals surface area contributed by atoms with Gasteiger partial charge in [-0.15, -0.1) is 0 Å². The Kier molecular flexibility index (Phi) is 3.82. The number of hydrogen-bond donors (Lipinski definition) is 0. The Labute approximate surface area is 114 Å². The summed E-state index contributed by atoms with van der Waals surface area (Å²) >= 11 is -1.60. The molecule has 1 aliphatic heterocycles. The van der Waals surface area contributed by atoms with Gasteiger partial charge in [0.15, 0.2) is 17.7 Å². The minimum Gasteiger partial charge on any atom is -0.591 e. The first-order valence-corrected chi connectivity index (χ1v) is 6.97. The van der Waals surface area contributed by atoms with Gasteiger partial charge in [0.2, 0.25) is 0 Å². The quantitative estimate of drug-likeness (QED) is 0.746. The molecule has 2 unspecified atom stereocenters. The van der Waals surface area contributed by atoms with Crippen LogP contribution in [0.2, 0.25) is 0 Å². The molecule has 0 bridgehead atoms. The van der Waals surface area contributed by atoms with Gasteiger partial charge in [-0.1, -0.05) is 10.5 Å². The van der Waals surface area contributed by atoms with E-state index in [4.69, 9.17) is 4.74 Å². The van der Waals surface area contributed by atoms with Crippen molar-refractivity contribution in [1.29, 1.82) is 0 Å². The fourth-order valence-corrected chi connectivity index (χ4v) is 2.26. The summed E-state index contributed by atoms with van der Waals surface area (Å²) in [6.07, 6.45) is -1.50. The van der Waals surface area contributed by atoms with Crippen molar-refractivity contribution in [2.45, 2.75) is 31.7 Å². The van der Waals surface area contributed by atoms with Crippen molar-refractivity contribution >= 4 is 17.1 Å².